The van der Waals surface area contributed by atoms with Gasteiger partial charge >= 0.3 is 0 Å². The minimum atomic E-state index is -3.53. The minimum Gasteiger partial charge on any atom is -0.391 e. The second-order valence-electron chi connectivity index (χ2n) is 5.43. The molecule has 1 fully saturated rings. The minimum absolute atomic E-state index is 0.353. The molecular formula is C10H22N2O3S. The van der Waals surface area contributed by atoms with Crippen LogP contribution in [0.3, 0.4) is 0 Å². The Balaban J connectivity index is 2.58. The van der Waals surface area contributed by atoms with Gasteiger partial charge in [0.1, 0.15) is 0 Å². The molecular weight excluding hydrogens is 228 g/mol. The van der Waals surface area contributed by atoms with Gasteiger partial charge < -0.3 is 5.11 Å². The van der Waals surface area contributed by atoms with Gasteiger partial charge in [-0.15, -0.1) is 0 Å². The predicted molar refractivity (Wildman–Crippen MR) is 63.2 cm³/mol. The first-order valence-electron chi connectivity index (χ1n) is 5.69. The van der Waals surface area contributed by atoms with Crippen LogP contribution in [0.5, 0.6) is 0 Å². The maximum absolute atomic E-state index is 11.7. The first-order valence-corrected chi connectivity index (χ1v) is 7.17. The molecule has 0 aromatic rings. The van der Waals surface area contributed by atoms with Crippen LogP contribution in [-0.4, -0.2) is 31.2 Å². The number of aliphatic hydroxyl groups excluding tert-OH is 1. The zero-order valence-corrected chi connectivity index (χ0v) is 11.0. The van der Waals surface area contributed by atoms with Crippen LogP contribution in [0.2, 0.25) is 0 Å². The lowest BCUT2D eigenvalue weighted by molar-refractivity contribution is 0.101. The van der Waals surface area contributed by atoms with E-state index >= 15 is 0 Å². The first kappa shape index (κ1) is 13.9. The molecule has 1 aliphatic rings. The van der Waals surface area contributed by atoms with Crippen LogP contribution in [0.4, 0.5) is 0 Å². The number of rotatable bonds is 3. The quantitative estimate of drug-likeness (QED) is 0.683. The molecule has 0 heterocycles. The summed E-state index contributed by atoms with van der Waals surface area (Å²) in [4.78, 5) is 0. The highest BCUT2D eigenvalue weighted by molar-refractivity contribution is 7.87. The molecule has 16 heavy (non-hydrogen) atoms. The summed E-state index contributed by atoms with van der Waals surface area (Å²) in [6.07, 6.45) is 2.73. The van der Waals surface area contributed by atoms with Crippen LogP contribution in [-0.2, 0) is 10.2 Å². The van der Waals surface area contributed by atoms with Crippen molar-refractivity contribution in [2.75, 3.05) is 0 Å². The van der Waals surface area contributed by atoms with E-state index in [0.717, 1.165) is 12.8 Å². The van der Waals surface area contributed by atoms with Crippen LogP contribution in [0.25, 0.3) is 0 Å². The van der Waals surface area contributed by atoms with Crippen LogP contribution in [0.15, 0.2) is 0 Å². The van der Waals surface area contributed by atoms with Crippen LogP contribution >= 0.6 is 0 Å². The topological polar surface area (TPSA) is 78.4 Å². The van der Waals surface area contributed by atoms with Gasteiger partial charge in [0.2, 0.25) is 0 Å². The van der Waals surface area contributed by atoms with Gasteiger partial charge in [-0.25, -0.2) is 0 Å². The molecule has 0 amide bonds. The summed E-state index contributed by atoms with van der Waals surface area (Å²) in [5.41, 5.74) is -0.508. The highest BCUT2D eigenvalue weighted by atomic mass is 32.2. The van der Waals surface area contributed by atoms with Crippen LogP contribution in [0, 0.1) is 0 Å². The number of nitrogens with one attached hydrogen (secondary N) is 2. The van der Waals surface area contributed by atoms with E-state index in [-0.39, 0.29) is 6.04 Å². The maximum Gasteiger partial charge on any atom is 0.277 e. The third-order valence-corrected chi connectivity index (χ3v) is 3.97. The molecule has 0 saturated heterocycles. The van der Waals surface area contributed by atoms with E-state index in [1.165, 1.54) is 0 Å². The van der Waals surface area contributed by atoms with Gasteiger partial charge in [-0.1, -0.05) is 12.8 Å². The molecule has 1 rings (SSSR count). The van der Waals surface area contributed by atoms with E-state index in [4.69, 9.17) is 0 Å². The molecule has 0 unspecified atom stereocenters. The van der Waals surface area contributed by atoms with Gasteiger partial charge in [0.05, 0.1) is 6.10 Å². The summed E-state index contributed by atoms with van der Waals surface area (Å²) >= 11 is 0. The van der Waals surface area contributed by atoms with Crippen molar-refractivity contribution >= 4 is 10.2 Å². The molecule has 96 valence electrons. The summed E-state index contributed by atoms with van der Waals surface area (Å²) in [6, 6.07) is -0.353. The summed E-state index contributed by atoms with van der Waals surface area (Å²) in [5, 5.41) is 9.68. The lowest BCUT2D eigenvalue weighted by atomic mass is 9.93. The molecule has 0 aromatic carbocycles. The Morgan fingerprint density at radius 1 is 1.19 bits per heavy atom. The van der Waals surface area contributed by atoms with Gasteiger partial charge in [-0.2, -0.15) is 17.9 Å². The highest BCUT2D eigenvalue weighted by Gasteiger charge is 2.29. The molecule has 0 spiro atoms. The Morgan fingerprint density at radius 2 is 1.75 bits per heavy atom. The fraction of sp³-hybridized carbons (Fsp3) is 1.00. The summed E-state index contributed by atoms with van der Waals surface area (Å²) < 4.78 is 28.5. The Labute approximate surface area is 97.8 Å². The maximum atomic E-state index is 11.7. The lowest BCUT2D eigenvalue weighted by Crippen LogP contribution is -2.53. The summed E-state index contributed by atoms with van der Waals surface area (Å²) in [6.45, 7) is 5.34. The third kappa shape index (κ3) is 4.78. The van der Waals surface area contributed by atoms with Crippen molar-refractivity contribution in [3.8, 4) is 0 Å². The first-order chi connectivity index (χ1) is 7.20. The monoisotopic (exact) mass is 250 g/mol. The molecule has 0 aromatic heterocycles. The van der Waals surface area contributed by atoms with Crippen molar-refractivity contribution < 1.29 is 13.5 Å². The van der Waals surface area contributed by atoms with E-state index < -0.39 is 21.9 Å². The van der Waals surface area contributed by atoms with Crippen molar-refractivity contribution in [3.63, 3.8) is 0 Å². The van der Waals surface area contributed by atoms with Gasteiger partial charge in [0.25, 0.3) is 10.2 Å². The zero-order chi connectivity index (χ0) is 12.4. The summed E-state index contributed by atoms with van der Waals surface area (Å²) in [5.74, 6) is 0. The number of hydrogen-bond acceptors (Lipinski definition) is 3. The van der Waals surface area contributed by atoms with Gasteiger partial charge in [0.15, 0.2) is 0 Å². The molecule has 0 radical (unpaired) electrons. The molecule has 3 N–H and O–H groups in total. The van der Waals surface area contributed by atoms with E-state index in [1.54, 1.807) is 20.8 Å². The van der Waals surface area contributed by atoms with E-state index in [0.29, 0.717) is 12.8 Å². The van der Waals surface area contributed by atoms with Crippen molar-refractivity contribution in [2.45, 2.75) is 64.1 Å². The number of hydrogen-bond donors (Lipinski definition) is 3. The van der Waals surface area contributed by atoms with Gasteiger partial charge in [-0.05, 0) is 33.6 Å². The fourth-order valence-corrected chi connectivity index (χ4v) is 3.42. The Bertz CT molecular complexity index is 321. The molecule has 0 bridgehead atoms. The smallest absolute Gasteiger partial charge is 0.277 e. The molecule has 2 atom stereocenters. The Morgan fingerprint density at radius 3 is 2.25 bits per heavy atom. The van der Waals surface area contributed by atoms with Crippen LogP contribution in [0.1, 0.15) is 46.5 Å². The van der Waals surface area contributed by atoms with Crippen molar-refractivity contribution in [1.82, 2.24) is 9.44 Å². The summed E-state index contributed by atoms with van der Waals surface area (Å²) in [7, 11) is -3.53. The van der Waals surface area contributed by atoms with Crippen molar-refractivity contribution in [1.29, 1.82) is 0 Å². The fourth-order valence-electron chi connectivity index (χ4n) is 1.88. The standard InChI is InChI=1S/C10H22N2O3S/c1-10(2,3)12-16(14,15)11-8-6-4-5-7-9(8)13/h8-9,11-13H,4-7H2,1-3H3/t8-,9-/m0/s1. The second-order valence-corrected chi connectivity index (χ2v) is 6.88. The predicted octanol–water partition coefficient (Wildman–Crippen LogP) is 0.512. The van der Waals surface area contributed by atoms with E-state index in [1.807, 2.05) is 0 Å². The SMILES string of the molecule is CC(C)(C)NS(=O)(=O)N[C@H]1CCCC[C@@H]1O. The lowest BCUT2D eigenvalue weighted by Gasteiger charge is -2.29. The molecule has 6 heteroatoms. The van der Waals surface area contributed by atoms with Crippen molar-refractivity contribution in [2.24, 2.45) is 0 Å². The number of aliphatic hydroxyl groups is 1. The van der Waals surface area contributed by atoms with Crippen LogP contribution < -0.4 is 9.44 Å². The molecule has 0 aliphatic heterocycles. The average Bonchev–Trinajstić information content (AvgIpc) is 2.04. The highest BCUT2D eigenvalue weighted by Crippen LogP contribution is 2.19. The average molecular weight is 250 g/mol. The van der Waals surface area contributed by atoms with Crippen molar-refractivity contribution in [3.05, 3.63) is 0 Å². The molecule has 5 nitrogen and oxygen atoms in total. The molecule has 1 aliphatic carbocycles. The molecule has 1 saturated carbocycles. The Kier molecular flexibility index (Phi) is 4.34. The van der Waals surface area contributed by atoms with Gasteiger partial charge in [0, 0.05) is 11.6 Å². The normalized spacial score (nSPS) is 28.0. The Hall–Kier alpha value is -0.170. The largest absolute Gasteiger partial charge is 0.391 e. The zero-order valence-electron chi connectivity index (χ0n) is 10.2. The van der Waals surface area contributed by atoms with E-state index in [2.05, 4.69) is 9.44 Å². The van der Waals surface area contributed by atoms with Gasteiger partial charge in [-0.3, -0.25) is 0 Å². The van der Waals surface area contributed by atoms with E-state index in [9.17, 15) is 13.5 Å². The second kappa shape index (κ2) is 5.00. The third-order valence-electron chi connectivity index (χ3n) is 2.48.